The van der Waals surface area contributed by atoms with Crippen molar-refractivity contribution in [3.63, 3.8) is 0 Å². The van der Waals surface area contributed by atoms with Crippen LogP contribution in [-0.4, -0.2) is 62.7 Å². The maximum absolute atomic E-state index is 12.9. The van der Waals surface area contributed by atoms with Crippen LogP contribution < -0.4 is 19.8 Å². The smallest absolute Gasteiger partial charge is 0.347 e. The second-order valence-electron chi connectivity index (χ2n) is 10.2. The van der Waals surface area contributed by atoms with Crippen LogP contribution in [0.3, 0.4) is 0 Å². The average Bonchev–Trinajstić information content (AvgIpc) is 3.16. The first kappa shape index (κ1) is 34.2. The zero-order valence-corrected chi connectivity index (χ0v) is 25.7. The van der Waals surface area contributed by atoms with E-state index in [1.165, 1.54) is 13.8 Å². The monoisotopic (exact) mass is 661 g/mol. The summed E-state index contributed by atoms with van der Waals surface area (Å²) < 4.78 is 21.1. The van der Waals surface area contributed by atoms with Crippen LogP contribution in [0.4, 0.5) is 0 Å². The number of rotatable bonds is 7. The number of H-pyrrole nitrogens is 1. The molecule has 5 rings (SSSR count). The summed E-state index contributed by atoms with van der Waals surface area (Å²) >= 11 is 0. The second-order valence-corrected chi connectivity index (χ2v) is 10.2. The Labute approximate surface area is 270 Å². The third kappa shape index (κ3) is 6.64. The van der Waals surface area contributed by atoms with Crippen molar-refractivity contribution in [2.75, 3.05) is 7.11 Å². The number of ether oxygens (including phenoxy) is 4. The van der Waals surface area contributed by atoms with E-state index < -0.39 is 70.2 Å². The van der Waals surface area contributed by atoms with Crippen molar-refractivity contribution in [3.05, 3.63) is 91.8 Å². The number of carboxylic acids is 2. The molecule has 0 amide bonds. The minimum absolute atomic E-state index is 0.0977. The summed E-state index contributed by atoms with van der Waals surface area (Å²) in [5, 5.41) is 39.9. The molecule has 0 spiro atoms. The number of aldehydes is 1. The minimum Gasteiger partial charge on any atom is -0.507 e. The number of carbonyl (C=O) groups excluding carboxylic acids is 3. The molecule has 1 aliphatic heterocycles. The number of pyridine rings is 1. The predicted octanol–water partition coefficient (Wildman–Crippen LogP) is 4.08. The molecule has 0 saturated heterocycles. The van der Waals surface area contributed by atoms with Gasteiger partial charge in [0.05, 0.1) is 23.8 Å². The number of nitrogens with one attached hydrogen (secondary N) is 1. The van der Waals surface area contributed by atoms with Crippen LogP contribution in [0, 0.1) is 20.8 Å². The largest absolute Gasteiger partial charge is 0.507 e. The Morgan fingerprint density at radius 3 is 2.27 bits per heavy atom. The van der Waals surface area contributed by atoms with Gasteiger partial charge in [0.15, 0.2) is 23.5 Å². The molecule has 2 heterocycles. The molecular weight excluding hydrogens is 634 g/mol. The number of hydrogen-bond acceptors (Lipinski definition) is 12. The molecule has 4 aromatic rings. The van der Waals surface area contributed by atoms with Crippen LogP contribution in [0.2, 0.25) is 0 Å². The first-order chi connectivity index (χ1) is 22.7. The van der Waals surface area contributed by atoms with Gasteiger partial charge in [-0.15, -0.1) is 0 Å². The van der Waals surface area contributed by atoms with Gasteiger partial charge in [0.2, 0.25) is 5.56 Å². The maximum atomic E-state index is 12.9. The first-order valence-electron chi connectivity index (χ1n) is 13.8. The highest BCUT2D eigenvalue weighted by Crippen LogP contribution is 2.50. The van der Waals surface area contributed by atoms with Gasteiger partial charge in [-0.3, -0.25) is 9.59 Å². The van der Waals surface area contributed by atoms with Crippen LogP contribution in [0.1, 0.15) is 53.3 Å². The number of aromatic amines is 1. The summed E-state index contributed by atoms with van der Waals surface area (Å²) in [6.07, 6.45) is 1.30. The topological polar surface area (TPSA) is 236 Å². The number of fused-ring (bicyclic) bond motifs is 3. The molecule has 248 valence electrons. The number of benzene rings is 3. The van der Waals surface area contributed by atoms with E-state index in [9.17, 15) is 44.1 Å². The van der Waals surface area contributed by atoms with Crippen LogP contribution in [0.5, 0.6) is 34.5 Å². The highest BCUT2D eigenvalue weighted by atomic mass is 16.6. The predicted molar refractivity (Wildman–Crippen MR) is 165 cm³/mol. The third-order valence-electron chi connectivity index (χ3n) is 7.14. The van der Waals surface area contributed by atoms with E-state index in [-0.39, 0.29) is 34.3 Å². The Bertz CT molecular complexity index is 2110. The van der Waals surface area contributed by atoms with E-state index in [0.717, 1.165) is 22.5 Å². The molecule has 5 N–H and O–H groups in total. The number of aromatic hydroxyl groups is 2. The number of aliphatic carboxylic acids is 1. The quantitative estimate of drug-likeness (QED) is 0.0812. The van der Waals surface area contributed by atoms with E-state index in [1.54, 1.807) is 13.2 Å². The van der Waals surface area contributed by atoms with Gasteiger partial charge in [0.1, 0.15) is 35.0 Å². The van der Waals surface area contributed by atoms with Gasteiger partial charge >= 0.3 is 23.9 Å². The fourth-order valence-electron chi connectivity index (χ4n) is 4.91. The molecule has 0 aliphatic carbocycles. The molecule has 48 heavy (non-hydrogen) atoms. The summed E-state index contributed by atoms with van der Waals surface area (Å²) in [5.74, 6) is -7.21. The Hall–Kier alpha value is -6.64. The number of carboxylic acid groups (broad SMARTS) is 2. The van der Waals surface area contributed by atoms with Crippen molar-refractivity contribution >= 4 is 41.1 Å². The summed E-state index contributed by atoms with van der Waals surface area (Å²) in [5.41, 5.74) is -0.175. The summed E-state index contributed by atoms with van der Waals surface area (Å²) in [7, 11) is 1.59. The lowest BCUT2D eigenvalue weighted by molar-refractivity contribution is -0.139. The summed E-state index contributed by atoms with van der Waals surface area (Å²) in [6, 6.07) is 8.42. The molecule has 1 aromatic heterocycles. The van der Waals surface area contributed by atoms with Crippen LogP contribution in [-0.2, 0) is 20.9 Å². The number of methoxy groups -OCH3 is 1. The van der Waals surface area contributed by atoms with Gasteiger partial charge in [-0.05, 0) is 44.0 Å². The Balaban J connectivity index is 0.000000307. The molecular formula is C33H27NO14. The molecule has 15 heteroatoms. The van der Waals surface area contributed by atoms with Crippen molar-refractivity contribution in [1.82, 2.24) is 4.98 Å². The van der Waals surface area contributed by atoms with E-state index in [2.05, 4.69) is 4.98 Å². The Morgan fingerprint density at radius 1 is 0.938 bits per heavy atom. The molecule has 3 aromatic carbocycles. The third-order valence-corrected chi connectivity index (χ3v) is 7.14. The number of phenols is 2. The van der Waals surface area contributed by atoms with Crippen molar-refractivity contribution in [2.45, 2.75) is 27.4 Å². The molecule has 15 nitrogen and oxygen atoms in total. The van der Waals surface area contributed by atoms with Gasteiger partial charge in [-0.1, -0.05) is 12.1 Å². The lowest BCUT2D eigenvalue weighted by Gasteiger charge is -2.18. The number of hydrogen-bond donors (Lipinski definition) is 5. The lowest BCUT2D eigenvalue weighted by atomic mass is 10.0. The van der Waals surface area contributed by atoms with E-state index in [0.29, 0.717) is 17.9 Å². The number of aryl methyl sites for hydroxylation is 2. The van der Waals surface area contributed by atoms with Crippen molar-refractivity contribution in [3.8, 4) is 34.5 Å². The number of aromatic carboxylic acids is 1. The molecule has 0 bridgehead atoms. The SMILES string of the molecule is COc1cccc2c(C)cc(=O)[nH]c12.Cc1cc(O)c(C=O)c2c1C(=O)Oc1c(COC(=O)C=CC(=O)O)c(O)c(C(=O)O)c(C)c1O2. The fourth-order valence-corrected chi connectivity index (χ4v) is 4.91. The Kier molecular flexibility index (Phi) is 9.83. The number of esters is 2. The maximum Gasteiger partial charge on any atom is 0.347 e. The normalized spacial score (nSPS) is 11.6. The minimum atomic E-state index is -1.60. The zero-order valence-electron chi connectivity index (χ0n) is 25.7. The van der Waals surface area contributed by atoms with E-state index >= 15 is 0 Å². The summed E-state index contributed by atoms with van der Waals surface area (Å²) in [6.45, 7) is 3.74. The molecule has 0 unspecified atom stereocenters. The highest BCUT2D eigenvalue weighted by Gasteiger charge is 2.35. The molecule has 0 fully saturated rings. The fraction of sp³-hybridized carbons (Fsp3) is 0.152. The van der Waals surface area contributed by atoms with Gasteiger partial charge in [0.25, 0.3) is 0 Å². The van der Waals surface area contributed by atoms with Crippen molar-refractivity contribution in [1.29, 1.82) is 0 Å². The Morgan fingerprint density at radius 2 is 1.65 bits per heavy atom. The van der Waals surface area contributed by atoms with Gasteiger partial charge in [0, 0.05) is 29.2 Å². The molecule has 0 atom stereocenters. The average molecular weight is 662 g/mol. The van der Waals surface area contributed by atoms with Gasteiger partial charge in [-0.2, -0.15) is 0 Å². The molecule has 0 saturated carbocycles. The van der Waals surface area contributed by atoms with E-state index in [1.807, 2.05) is 25.1 Å². The number of aromatic nitrogens is 1. The summed E-state index contributed by atoms with van der Waals surface area (Å²) in [4.78, 5) is 72.7. The highest BCUT2D eigenvalue weighted by molar-refractivity contribution is 6.03. The van der Waals surface area contributed by atoms with Crippen LogP contribution in [0.25, 0.3) is 10.9 Å². The van der Waals surface area contributed by atoms with Crippen LogP contribution in [0.15, 0.2) is 47.3 Å². The molecule has 1 aliphatic rings. The van der Waals surface area contributed by atoms with E-state index in [4.69, 9.17) is 24.1 Å². The number of phenolic OH excluding ortho intramolecular Hbond substituents is 1. The lowest BCUT2D eigenvalue weighted by Crippen LogP contribution is -2.13. The van der Waals surface area contributed by atoms with Crippen LogP contribution >= 0.6 is 0 Å². The number of para-hydroxylation sites is 1. The number of carbonyl (C=O) groups is 5. The molecule has 0 radical (unpaired) electrons. The standard InChI is InChI=1S/C22H16O12.C11H11NO2/c1-8-5-12(24)10(6-23)19-15(8)22(31)34-20-11(7-32-14(27)4-3-13(25)26)17(28)16(21(29)30)9(2)18(20)33-19;1-7-6-10(13)12-11-8(7)4-3-5-9(11)14-2/h3-6,24,28H,7H2,1-2H3,(H,25,26)(H,29,30);3-6H,1-2H3,(H,12,13). The zero-order chi connectivity index (χ0) is 35.4. The van der Waals surface area contributed by atoms with Gasteiger partial charge < -0.3 is 44.4 Å². The van der Waals surface area contributed by atoms with Crippen molar-refractivity contribution in [2.24, 2.45) is 0 Å². The second kappa shape index (κ2) is 13.8. The van der Waals surface area contributed by atoms with Crippen molar-refractivity contribution < 1.29 is 63.3 Å². The van der Waals surface area contributed by atoms with Gasteiger partial charge in [-0.25, -0.2) is 19.2 Å². The first-order valence-corrected chi connectivity index (χ1v) is 13.8.